The molecule has 0 unspecified atom stereocenters. The Kier molecular flexibility index (Phi) is 6.87. The van der Waals surface area contributed by atoms with E-state index in [2.05, 4.69) is 10.6 Å². The molecule has 0 aliphatic carbocycles. The first-order valence-corrected chi connectivity index (χ1v) is 7.58. The van der Waals surface area contributed by atoms with Crippen molar-refractivity contribution in [1.29, 1.82) is 0 Å². The lowest BCUT2D eigenvalue weighted by Gasteiger charge is -2.19. The Morgan fingerprint density at radius 3 is 1.84 bits per heavy atom. The minimum atomic E-state index is -4.91. The fourth-order valence-electron chi connectivity index (χ4n) is 2.26. The first-order chi connectivity index (χ1) is 11.3. The molecule has 9 heteroatoms. The molecule has 0 saturated heterocycles. The van der Waals surface area contributed by atoms with Crippen LogP contribution in [0.1, 0.15) is 37.0 Å². The van der Waals surface area contributed by atoms with Crippen LogP contribution < -0.4 is 10.6 Å². The summed E-state index contributed by atoms with van der Waals surface area (Å²) in [5.74, 6) is -0.296. The van der Waals surface area contributed by atoms with E-state index < -0.39 is 42.0 Å². The number of nitrogens with one attached hydrogen (secondary N) is 2. The Labute approximate surface area is 141 Å². The Morgan fingerprint density at radius 1 is 1.00 bits per heavy atom. The second-order valence-electron chi connectivity index (χ2n) is 6.10. The summed E-state index contributed by atoms with van der Waals surface area (Å²) in [5.41, 5.74) is -3.08. The molecule has 0 radical (unpaired) electrons. The normalized spacial score (nSPS) is 13.8. The topological polar surface area (TPSA) is 41.1 Å². The fraction of sp³-hybridized carbons (Fsp3) is 0.562. The predicted molar refractivity (Wildman–Crippen MR) is 80.6 cm³/mol. The van der Waals surface area contributed by atoms with Crippen molar-refractivity contribution in [3.05, 3.63) is 34.9 Å². The molecule has 0 bridgehead atoms. The molecule has 3 nitrogen and oxygen atoms in total. The number of halogens is 6. The Morgan fingerprint density at radius 2 is 1.48 bits per heavy atom. The highest BCUT2D eigenvalue weighted by Crippen LogP contribution is 2.36. The highest BCUT2D eigenvalue weighted by Gasteiger charge is 2.36. The third-order valence-electron chi connectivity index (χ3n) is 3.49. The molecule has 25 heavy (non-hydrogen) atoms. The number of benzene rings is 1. The van der Waals surface area contributed by atoms with E-state index in [1.165, 1.54) is 0 Å². The van der Waals surface area contributed by atoms with Crippen molar-refractivity contribution in [2.24, 2.45) is 5.92 Å². The van der Waals surface area contributed by atoms with Crippen molar-refractivity contribution in [3.8, 4) is 0 Å². The maximum Gasteiger partial charge on any atom is 0.416 e. The number of likely N-dealkylation sites (N-methyl/N-ethyl adjacent to an activating group) is 1. The van der Waals surface area contributed by atoms with E-state index in [0.717, 1.165) is 0 Å². The number of rotatable bonds is 6. The van der Waals surface area contributed by atoms with Crippen LogP contribution in [-0.4, -0.2) is 19.0 Å². The van der Waals surface area contributed by atoms with Crippen LogP contribution in [0.15, 0.2) is 18.2 Å². The van der Waals surface area contributed by atoms with Crippen LogP contribution in [0.4, 0.5) is 26.3 Å². The molecule has 1 rings (SSSR count). The average molecular weight is 370 g/mol. The van der Waals surface area contributed by atoms with Crippen molar-refractivity contribution in [2.45, 2.75) is 45.2 Å². The van der Waals surface area contributed by atoms with Gasteiger partial charge in [0.05, 0.1) is 17.2 Å². The lowest BCUT2D eigenvalue weighted by molar-refractivity contribution is -0.143. The van der Waals surface area contributed by atoms with E-state index in [1.807, 2.05) is 13.8 Å². The molecule has 1 amide bonds. The van der Waals surface area contributed by atoms with Crippen LogP contribution in [0.2, 0.25) is 0 Å². The molecule has 1 atom stereocenters. The second kappa shape index (κ2) is 8.07. The molecule has 142 valence electrons. The van der Waals surface area contributed by atoms with Crippen molar-refractivity contribution >= 4 is 5.91 Å². The third-order valence-corrected chi connectivity index (χ3v) is 3.49. The van der Waals surface area contributed by atoms with Crippen LogP contribution in [0.5, 0.6) is 0 Å². The van der Waals surface area contributed by atoms with Gasteiger partial charge in [-0.25, -0.2) is 0 Å². The number of alkyl halides is 6. The van der Waals surface area contributed by atoms with Gasteiger partial charge in [-0.1, -0.05) is 13.8 Å². The summed E-state index contributed by atoms with van der Waals surface area (Å²) in [5, 5.41) is 5.15. The van der Waals surface area contributed by atoms with Crippen LogP contribution in [0.25, 0.3) is 0 Å². The highest BCUT2D eigenvalue weighted by atomic mass is 19.4. The minimum Gasteiger partial charge on any atom is -0.351 e. The predicted octanol–water partition coefficient (Wildman–Crippen LogP) is 3.97. The van der Waals surface area contributed by atoms with Gasteiger partial charge in [-0.05, 0) is 43.1 Å². The van der Waals surface area contributed by atoms with Gasteiger partial charge in [0.2, 0.25) is 5.91 Å². The zero-order chi connectivity index (χ0) is 19.4. The van der Waals surface area contributed by atoms with E-state index in [4.69, 9.17) is 0 Å². The Hall–Kier alpha value is -1.77. The summed E-state index contributed by atoms with van der Waals surface area (Å²) < 4.78 is 76.8. The van der Waals surface area contributed by atoms with Gasteiger partial charge in [-0.15, -0.1) is 0 Å². The maximum absolute atomic E-state index is 12.8. The summed E-state index contributed by atoms with van der Waals surface area (Å²) in [6, 6.07) is 0.687. The van der Waals surface area contributed by atoms with Gasteiger partial charge in [0.25, 0.3) is 0 Å². The van der Waals surface area contributed by atoms with Crippen molar-refractivity contribution in [3.63, 3.8) is 0 Å². The highest BCUT2D eigenvalue weighted by molar-refractivity contribution is 5.81. The quantitative estimate of drug-likeness (QED) is 0.744. The van der Waals surface area contributed by atoms with Crippen LogP contribution in [0, 0.1) is 5.92 Å². The summed E-state index contributed by atoms with van der Waals surface area (Å²) in [6.45, 7) is 3.35. The second-order valence-corrected chi connectivity index (χ2v) is 6.10. The number of amides is 1. The molecule has 0 aromatic heterocycles. The van der Waals surface area contributed by atoms with Gasteiger partial charge in [-0.2, -0.15) is 26.3 Å². The van der Waals surface area contributed by atoms with E-state index in [0.29, 0.717) is 18.6 Å². The minimum absolute atomic E-state index is 0.0560. The fourth-order valence-corrected chi connectivity index (χ4v) is 2.26. The molecule has 0 spiro atoms. The van der Waals surface area contributed by atoms with E-state index in [9.17, 15) is 31.1 Å². The van der Waals surface area contributed by atoms with Gasteiger partial charge in [0.1, 0.15) is 0 Å². The van der Waals surface area contributed by atoms with Gasteiger partial charge < -0.3 is 10.6 Å². The summed E-state index contributed by atoms with van der Waals surface area (Å²) in [7, 11) is 1.55. The number of hydrogen-bond donors (Lipinski definition) is 2. The molecule has 0 aliphatic rings. The largest absolute Gasteiger partial charge is 0.416 e. The van der Waals surface area contributed by atoms with Crippen molar-refractivity contribution < 1.29 is 31.1 Å². The van der Waals surface area contributed by atoms with Crippen LogP contribution in [0.3, 0.4) is 0 Å². The zero-order valence-electron chi connectivity index (χ0n) is 14.0. The summed E-state index contributed by atoms with van der Waals surface area (Å²) in [6.07, 6.45) is -9.34. The molecule has 0 fully saturated rings. The average Bonchev–Trinajstić information content (AvgIpc) is 2.48. The SMILES string of the molecule is CN[C@@H](CC(C)C)C(=O)NCc1cc(C(F)(F)F)cc(C(F)(F)F)c1. The first kappa shape index (κ1) is 21.3. The molecule has 0 aliphatic heterocycles. The van der Waals surface area contributed by atoms with Crippen LogP contribution in [-0.2, 0) is 23.7 Å². The van der Waals surface area contributed by atoms with E-state index in [-0.39, 0.29) is 17.5 Å². The lowest BCUT2D eigenvalue weighted by Crippen LogP contribution is -2.43. The standard InChI is InChI=1S/C16H20F6N2O/c1-9(2)4-13(23-3)14(25)24-8-10-5-11(15(17,18)19)7-12(6-10)16(20,21)22/h5-7,9,13,23H,4,8H2,1-3H3,(H,24,25)/t13-/m0/s1. The van der Waals surface area contributed by atoms with E-state index >= 15 is 0 Å². The molecular weight excluding hydrogens is 350 g/mol. The summed E-state index contributed by atoms with van der Waals surface area (Å²) >= 11 is 0. The van der Waals surface area contributed by atoms with Gasteiger partial charge in [-0.3, -0.25) is 4.79 Å². The molecule has 1 aromatic rings. The molecule has 0 heterocycles. The molecule has 1 aromatic carbocycles. The lowest BCUT2D eigenvalue weighted by atomic mass is 10.0. The Bertz CT molecular complexity index is 563. The monoisotopic (exact) mass is 370 g/mol. The first-order valence-electron chi connectivity index (χ1n) is 7.58. The van der Waals surface area contributed by atoms with Gasteiger partial charge in [0, 0.05) is 6.54 Å². The smallest absolute Gasteiger partial charge is 0.351 e. The molecule has 2 N–H and O–H groups in total. The van der Waals surface area contributed by atoms with Crippen molar-refractivity contribution in [2.75, 3.05) is 7.05 Å². The Balaban J connectivity index is 2.99. The van der Waals surface area contributed by atoms with Crippen molar-refractivity contribution in [1.82, 2.24) is 10.6 Å². The molecular formula is C16H20F6N2O. The third kappa shape index (κ3) is 6.56. The van der Waals surface area contributed by atoms with Crippen LogP contribution >= 0.6 is 0 Å². The molecule has 0 saturated carbocycles. The maximum atomic E-state index is 12.8. The summed E-state index contributed by atoms with van der Waals surface area (Å²) in [4.78, 5) is 12.0. The van der Waals surface area contributed by atoms with Gasteiger partial charge in [0.15, 0.2) is 0 Å². The number of carbonyl (C=O) groups excluding carboxylic acids is 1. The zero-order valence-corrected chi connectivity index (χ0v) is 14.0. The number of hydrogen-bond acceptors (Lipinski definition) is 2. The van der Waals surface area contributed by atoms with Gasteiger partial charge >= 0.3 is 12.4 Å². The number of carbonyl (C=O) groups is 1. The van der Waals surface area contributed by atoms with E-state index in [1.54, 1.807) is 7.05 Å².